The van der Waals surface area contributed by atoms with Crippen LogP contribution in [0.4, 0.5) is 0 Å². The first-order valence-electron chi connectivity index (χ1n) is 7.40. The van der Waals surface area contributed by atoms with Gasteiger partial charge in [0, 0.05) is 32.7 Å². The number of nitrogens with one attached hydrogen (secondary N) is 1. The Bertz CT molecular complexity index is 293. The van der Waals surface area contributed by atoms with E-state index in [1.165, 1.54) is 32.4 Å². The molecule has 0 aliphatic carbocycles. The van der Waals surface area contributed by atoms with Crippen LogP contribution in [0.3, 0.4) is 0 Å². The fraction of sp³-hybridized carbons (Fsp3) is 0.929. The molecule has 1 unspecified atom stereocenters. The van der Waals surface area contributed by atoms with Gasteiger partial charge in [0.2, 0.25) is 0 Å². The van der Waals surface area contributed by atoms with E-state index in [1.54, 1.807) is 0 Å². The lowest BCUT2D eigenvalue weighted by atomic mass is 10.0. The van der Waals surface area contributed by atoms with Crippen LogP contribution in [-0.2, 0) is 0 Å². The van der Waals surface area contributed by atoms with Crippen molar-refractivity contribution >= 4 is 29.9 Å². The van der Waals surface area contributed by atoms with Crippen LogP contribution in [0.25, 0.3) is 0 Å². The number of likely N-dealkylation sites (tertiary alicyclic amines) is 1. The summed E-state index contributed by atoms with van der Waals surface area (Å²) in [6.07, 6.45) is 4.07. The molecule has 0 amide bonds. The van der Waals surface area contributed by atoms with Crippen molar-refractivity contribution in [3.8, 4) is 0 Å². The molecule has 112 valence electrons. The molecule has 0 aromatic rings. The number of hydrogen-bond donors (Lipinski definition) is 1. The van der Waals surface area contributed by atoms with Crippen LogP contribution >= 0.6 is 24.0 Å². The van der Waals surface area contributed by atoms with Gasteiger partial charge in [-0.05, 0) is 25.3 Å². The summed E-state index contributed by atoms with van der Waals surface area (Å²) in [6, 6.07) is 0.692. The molecule has 0 aromatic heterocycles. The van der Waals surface area contributed by atoms with E-state index in [0.29, 0.717) is 6.04 Å². The van der Waals surface area contributed by atoms with Gasteiger partial charge in [0.25, 0.3) is 0 Å². The molecule has 2 aliphatic rings. The van der Waals surface area contributed by atoms with Gasteiger partial charge >= 0.3 is 0 Å². The van der Waals surface area contributed by atoms with Crippen LogP contribution in [0.15, 0.2) is 4.99 Å². The molecule has 2 aliphatic heterocycles. The molecule has 0 aromatic carbocycles. The molecule has 0 saturated carbocycles. The van der Waals surface area contributed by atoms with Crippen molar-refractivity contribution in [2.75, 3.05) is 39.8 Å². The Morgan fingerprint density at radius 2 is 2.11 bits per heavy atom. The smallest absolute Gasteiger partial charge is 0.193 e. The second kappa shape index (κ2) is 8.29. The number of guanidine groups is 1. The zero-order chi connectivity index (χ0) is 13.0. The van der Waals surface area contributed by atoms with Gasteiger partial charge in [-0.2, -0.15) is 0 Å². The van der Waals surface area contributed by atoms with Crippen LogP contribution < -0.4 is 5.32 Å². The maximum atomic E-state index is 4.50. The molecule has 5 heteroatoms. The highest BCUT2D eigenvalue weighted by atomic mass is 127. The molecule has 4 nitrogen and oxygen atoms in total. The zero-order valence-electron chi connectivity index (χ0n) is 12.6. The molecule has 1 atom stereocenters. The Hall–Kier alpha value is -0.0400. The Kier molecular flexibility index (Phi) is 7.42. The Balaban J connectivity index is 0.00000180. The lowest BCUT2D eigenvalue weighted by Crippen LogP contribution is -2.49. The van der Waals surface area contributed by atoms with Crippen molar-refractivity contribution in [3.05, 3.63) is 0 Å². The molecule has 0 radical (unpaired) electrons. The SMILES string of the molecule is CC(C)CN1CCCCC1CNC1=NCCN1C.I. The maximum Gasteiger partial charge on any atom is 0.193 e. The van der Waals surface area contributed by atoms with Crippen LogP contribution in [-0.4, -0.2) is 61.6 Å². The average Bonchev–Trinajstić information content (AvgIpc) is 2.73. The van der Waals surface area contributed by atoms with Crippen molar-refractivity contribution in [1.82, 2.24) is 15.1 Å². The van der Waals surface area contributed by atoms with Crippen molar-refractivity contribution in [3.63, 3.8) is 0 Å². The quantitative estimate of drug-likeness (QED) is 0.757. The predicted octanol–water partition coefficient (Wildman–Crippen LogP) is 2.01. The zero-order valence-corrected chi connectivity index (χ0v) is 14.9. The average molecular weight is 380 g/mol. The standard InChI is InChI=1S/C14H28N4.HI/c1-12(2)11-18-8-5-4-6-13(18)10-16-14-15-7-9-17(14)3;/h12-13H,4-11H2,1-3H3,(H,15,16);1H. The van der Waals surface area contributed by atoms with Crippen molar-refractivity contribution in [2.24, 2.45) is 10.9 Å². The number of likely N-dealkylation sites (N-methyl/N-ethyl adjacent to an activating group) is 1. The van der Waals surface area contributed by atoms with Gasteiger partial charge in [0.1, 0.15) is 0 Å². The van der Waals surface area contributed by atoms with Crippen molar-refractivity contribution in [2.45, 2.75) is 39.2 Å². The number of piperidine rings is 1. The number of rotatable bonds is 4. The largest absolute Gasteiger partial charge is 0.355 e. The summed E-state index contributed by atoms with van der Waals surface area (Å²) in [5, 5.41) is 3.54. The number of aliphatic imine (C=N–C) groups is 1. The molecule has 1 saturated heterocycles. The van der Waals surface area contributed by atoms with Gasteiger partial charge in [-0.15, -0.1) is 24.0 Å². The highest BCUT2D eigenvalue weighted by Gasteiger charge is 2.23. The minimum absolute atomic E-state index is 0. The minimum Gasteiger partial charge on any atom is -0.355 e. The second-order valence-electron chi connectivity index (χ2n) is 6.05. The van der Waals surface area contributed by atoms with E-state index in [2.05, 4.69) is 41.0 Å². The third kappa shape index (κ3) is 5.10. The Morgan fingerprint density at radius 3 is 2.74 bits per heavy atom. The molecule has 19 heavy (non-hydrogen) atoms. The third-order valence-electron chi connectivity index (χ3n) is 3.90. The van der Waals surface area contributed by atoms with Crippen LogP contribution in [0, 0.1) is 5.92 Å². The van der Waals surface area contributed by atoms with Gasteiger partial charge in [0.15, 0.2) is 5.96 Å². The highest BCUT2D eigenvalue weighted by Crippen LogP contribution is 2.17. The van der Waals surface area contributed by atoms with Gasteiger partial charge in [0.05, 0.1) is 6.54 Å². The summed E-state index contributed by atoms with van der Waals surface area (Å²) < 4.78 is 0. The Labute approximate surface area is 135 Å². The summed E-state index contributed by atoms with van der Waals surface area (Å²) in [7, 11) is 2.12. The van der Waals surface area contributed by atoms with Gasteiger partial charge in [-0.1, -0.05) is 20.3 Å². The molecular formula is C14H29IN4. The first-order chi connectivity index (χ1) is 8.66. The van der Waals surface area contributed by atoms with Crippen LogP contribution in [0.2, 0.25) is 0 Å². The third-order valence-corrected chi connectivity index (χ3v) is 3.90. The Morgan fingerprint density at radius 1 is 1.32 bits per heavy atom. The lowest BCUT2D eigenvalue weighted by molar-refractivity contribution is 0.133. The number of hydrogen-bond acceptors (Lipinski definition) is 4. The number of nitrogens with zero attached hydrogens (tertiary/aromatic N) is 3. The monoisotopic (exact) mass is 380 g/mol. The number of halogens is 1. The summed E-state index contributed by atoms with van der Waals surface area (Å²) in [5.74, 6) is 1.85. The fourth-order valence-corrected chi connectivity index (χ4v) is 2.93. The van der Waals surface area contributed by atoms with E-state index in [1.807, 2.05) is 0 Å². The van der Waals surface area contributed by atoms with Gasteiger partial charge in [-0.3, -0.25) is 9.89 Å². The van der Waals surface area contributed by atoms with E-state index in [4.69, 9.17) is 0 Å². The predicted molar refractivity (Wildman–Crippen MR) is 92.4 cm³/mol. The van der Waals surface area contributed by atoms with E-state index in [9.17, 15) is 0 Å². The molecule has 2 rings (SSSR count). The lowest BCUT2D eigenvalue weighted by Gasteiger charge is -2.37. The summed E-state index contributed by atoms with van der Waals surface area (Å²) >= 11 is 0. The summed E-state index contributed by atoms with van der Waals surface area (Å²) in [6.45, 7) is 10.2. The normalized spacial score (nSPS) is 24.3. The molecule has 1 fully saturated rings. The topological polar surface area (TPSA) is 30.9 Å². The van der Waals surface area contributed by atoms with Crippen LogP contribution in [0.5, 0.6) is 0 Å². The van der Waals surface area contributed by atoms with E-state index >= 15 is 0 Å². The van der Waals surface area contributed by atoms with Gasteiger partial charge < -0.3 is 10.2 Å². The maximum absolute atomic E-state index is 4.50. The first kappa shape index (κ1) is 17.0. The first-order valence-corrected chi connectivity index (χ1v) is 7.40. The molecule has 0 spiro atoms. The second-order valence-corrected chi connectivity index (χ2v) is 6.05. The molecule has 2 heterocycles. The summed E-state index contributed by atoms with van der Waals surface area (Å²) in [4.78, 5) is 9.38. The van der Waals surface area contributed by atoms with E-state index < -0.39 is 0 Å². The molecular weight excluding hydrogens is 351 g/mol. The minimum atomic E-state index is 0. The van der Waals surface area contributed by atoms with Gasteiger partial charge in [-0.25, -0.2) is 0 Å². The van der Waals surface area contributed by atoms with Crippen molar-refractivity contribution in [1.29, 1.82) is 0 Å². The van der Waals surface area contributed by atoms with E-state index in [0.717, 1.165) is 31.5 Å². The van der Waals surface area contributed by atoms with E-state index in [-0.39, 0.29) is 24.0 Å². The molecule has 0 bridgehead atoms. The highest BCUT2D eigenvalue weighted by molar-refractivity contribution is 14.0. The summed E-state index contributed by atoms with van der Waals surface area (Å²) in [5.41, 5.74) is 0. The van der Waals surface area contributed by atoms with Crippen LogP contribution in [0.1, 0.15) is 33.1 Å². The molecule has 1 N–H and O–H groups in total. The fourth-order valence-electron chi connectivity index (χ4n) is 2.93. The van der Waals surface area contributed by atoms with Crippen molar-refractivity contribution < 1.29 is 0 Å².